The summed E-state index contributed by atoms with van der Waals surface area (Å²) in [7, 11) is 1.45. The van der Waals surface area contributed by atoms with Crippen molar-refractivity contribution in [1.82, 2.24) is 0 Å². The standard InChI is InChI=1S/C13H28O3.FH/c1-4-5-6-7-8-9-10-11-12-13(2)15-16-14-3;/h13H,4-12H2,1-3H3;1H. The van der Waals surface area contributed by atoms with Gasteiger partial charge in [-0.3, -0.25) is 4.70 Å². The van der Waals surface area contributed by atoms with Gasteiger partial charge in [-0.25, -0.2) is 9.78 Å². The van der Waals surface area contributed by atoms with E-state index in [9.17, 15) is 0 Å². The fourth-order valence-electron chi connectivity index (χ4n) is 1.72. The lowest BCUT2D eigenvalue weighted by atomic mass is 10.1. The highest BCUT2D eigenvalue weighted by Crippen LogP contribution is 2.11. The number of unbranched alkanes of at least 4 members (excludes halogenated alkanes) is 7. The van der Waals surface area contributed by atoms with Crippen LogP contribution >= 0.6 is 0 Å². The van der Waals surface area contributed by atoms with Crippen molar-refractivity contribution in [3.8, 4) is 0 Å². The smallest absolute Gasteiger partial charge is 0.0933 e. The van der Waals surface area contributed by atoms with Crippen LogP contribution in [0.2, 0.25) is 0 Å². The highest BCUT2D eigenvalue weighted by Gasteiger charge is 2.02. The molecule has 106 valence electrons. The Kier molecular flexibility index (Phi) is 17.8. The zero-order chi connectivity index (χ0) is 12.1. The highest BCUT2D eigenvalue weighted by atomic mass is 19.0. The molecule has 0 aliphatic carbocycles. The summed E-state index contributed by atoms with van der Waals surface area (Å²) in [5.74, 6) is 0. The van der Waals surface area contributed by atoms with Gasteiger partial charge in [-0.15, -0.1) is 0 Å². The Labute approximate surface area is 105 Å². The summed E-state index contributed by atoms with van der Waals surface area (Å²) in [6.45, 7) is 4.25. The average molecular weight is 252 g/mol. The maximum absolute atomic E-state index is 4.93. The Bertz CT molecular complexity index is 134. The maximum Gasteiger partial charge on any atom is 0.0933 e. The summed E-state index contributed by atoms with van der Waals surface area (Å²) in [5.41, 5.74) is 0. The van der Waals surface area contributed by atoms with Crippen molar-refractivity contribution < 1.29 is 19.5 Å². The normalized spacial score (nSPS) is 12.2. The molecule has 0 rings (SSSR count). The van der Waals surface area contributed by atoms with Crippen molar-refractivity contribution in [2.45, 2.75) is 77.7 Å². The van der Waals surface area contributed by atoms with Gasteiger partial charge in [0, 0.05) is 0 Å². The third-order valence-corrected chi connectivity index (χ3v) is 2.74. The molecular formula is C13H29FO3. The summed E-state index contributed by atoms with van der Waals surface area (Å²) < 4.78 is 0. The van der Waals surface area contributed by atoms with E-state index in [1.807, 2.05) is 6.92 Å². The first-order valence-electron chi connectivity index (χ1n) is 6.67. The molecule has 1 unspecified atom stereocenters. The SMILES string of the molecule is CCCCCCCCCCC(C)OOOC.F. The van der Waals surface area contributed by atoms with E-state index in [0.717, 1.165) is 6.42 Å². The molecule has 0 amide bonds. The van der Waals surface area contributed by atoms with E-state index in [0.29, 0.717) is 0 Å². The van der Waals surface area contributed by atoms with Crippen molar-refractivity contribution >= 4 is 0 Å². The van der Waals surface area contributed by atoms with Gasteiger partial charge in [0.05, 0.1) is 13.2 Å². The number of hydrogen-bond donors (Lipinski definition) is 0. The minimum Gasteiger partial charge on any atom is -0.269 e. The van der Waals surface area contributed by atoms with Gasteiger partial charge in [0.25, 0.3) is 0 Å². The third-order valence-electron chi connectivity index (χ3n) is 2.74. The van der Waals surface area contributed by atoms with E-state index in [1.165, 1.54) is 58.5 Å². The highest BCUT2D eigenvalue weighted by molar-refractivity contribution is 4.50. The molecule has 0 aliphatic rings. The maximum atomic E-state index is 4.93. The van der Waals surface area contributed by atoms with Gasteiger partial charge in [-0.05, 0) is 13.3 Å². The molecule has 0 bridgehead atoms. The lowest BCUT2D eigenvalue weighted by molar-refractivity contribution is -0.515. The summed E-state index contributed by atoms with van der Waals surface area (Å²) >= 11 is 0. The minimum atomic E-state index is 0. The molecule has 0 N–H and O–H groups in total. The van der Waals surface area contributed by atoms with Crippen LogP contribution in [0.4, 0.5) is 4.70 Å². The van der Waals surface area contributed by atoms with Crippen LogP contribution in [0.15, 0.2) is 0 Å². The summed E-state index contributed by atoms with van der Waals surface area (Å²) in [4.78, 5) is 9.30. The second-order valence-corrected chi connectivity index (χ2v) is 4.41. The van der Waals surface area contributed by atoms with Gasteiger partial charge in [0.2, 0.25) is 0 Å². The van der Waals surface area contributed by atoms with Crippen molar-refractivity contribution in [2.75, 3.05) is 7.11 Å². The molecule has 0 heterocycles. The van der Waals surface area contributed by atoms with Crippen molar-refractivity contribution in [1.29, 1.82) is 0 Å². The summed E-state index contributed by atoms with van der Waals surface area (Å²) in [5, 5.41) is 4.42. The minimum absolute atomic E-state index is 0. The largest absolute Gasteiger partial charge is 0.269 e. The molecule has 0 aromatic carbocycles. The second-order valence-electron chi connectivity index (χ2n) is 4.41. The van der Waals surface area contributed by atoms with Crippen LogP contribution in [0.25, 0.3) is 0 Å². The predicted molar refractivity (Wildman–Crippen MR) is 68.4 cm³/mol. The molecule has 4 heteroatoms. The molecule has 0 fully saturated rings. The first-order valence-corrected chi connectivity index (χ1v) is 6.67. The third kappa shape index (κ3) is 15.8. The van der Waals surface area contributed by atoms with Crippen molar-refractivity contribution in [3.05, 3.63) is 0 Å². The zero-order valence-electron chi connectivity index (χ0n) is 11.6. The monoisotopic (exact) mass is 252 g/mol. The van der Waals surface area contributed by atoms with Gasteiger partial charge < -0.3 is 0 Å². The fourth-order valence-corrected chi connectivity index (χ4v) is 1.72. The van der Waals surface area contributed by atoms with E-state index in [-0.39, 0.29) is 10.8 Å². The predicted octanol–water partition coefficient (Wildman–Crippen LogP) is 4.57. The van der Waals surface area contributed by atoms with Gasteiger partial charge in [0.1, 0.15) is 0 Å². The summed E-state index contributed by atoms with van der Waals surface area (Å²) in [6.07, 6.45) is 11.9. The van der Waals surface area contributed by atoms with Crippen molar-refractivity contribution in [3.63, 3.8) is 0 Å². The van der Waals surface area contributed by atoms with Gasteiger partial charge in [-0.2, -0.15) is 0 Å². The van der Waals surface area contributed by atoms with E-state index in [2.05, 4.69) is 16.8 Å². The lowest BCUT2D eigenvalue weighted by Gasteiger charge is -2.09. The molecule has 0 aromatic heterocycles. The Morgan fingerprint density at radius 3 is 1.94 bits per heavy atom. The molecule has 1 atom stereocenters. The van der Waals surface area contributed by atoms with Crippen LogP contribution in [0, 0.1) is 0 Å². The van der Waals surface area contributed by atoms with Gasteiger partial charge in [0.15, 0.2) is 0 Å². The Hall–Kier alpha value is -0.190. The molecule has 0 spiro atoms. The number of halogens is 1. The van der Waals surface area contributed by atoms with Crippen LogP contribution in [0.1, 0.15) is 71.6 Å². The van der Waals surface area contributed by atoms with Crippen LogP contribution in [-0.4, -0.2) is 13.2 Å². The van der Waals surface area contributed by atoms with Crippen LogP contribution < -0.4 is 0 Å². The first-order chi connectivity index (χ1) is 7.81. The number of hydrogen-bond acceptors (Lipinski definition) is 3. The molecule has 0 aliphatic heterocycles. The van der Waals surface area contributed by atoms with E-state index < -0.39 is 0 Å². The topological polar surface area (TPSA) is 27.7 Å². The quantitative estimate of drug-likeness (QED) is 0.289. The Balaban J connectivity index is 0. The summed E-state index contributed by atoms with van der Waals surface area (Å²) in [6, 6.07) is 0. The lowest BCUT2D eigenvalue weighted by Crippen LogP contribution is -2.08. The number of rotatable bonds is 12. The van der Waals surface area contributed by atoms with Gasteiger partial charge in [-0.1, -0.05) is 63.3 Å². The van der Waals surface area contributed by atoms with Crippen LogP contribution in [0.3, 0.4) is 0 Å². The molecular weight excluding hydrogens is 223 g/mol. The molecule has 0 saturated carbocycles. The average Bonchev–Trinajstić information content (AvgIpc) is 2.30. The molecule has 3 nitrogen and oxygen atoms in total. The van der Waals surface area contributed by atoms with Crippen LogP contribution in [-0.2, 0) is 14.8 Å². The fraction of sp³-hybridized carbons (Fsp3) is 1.00. The van der Waals surface area contributed by atoms with E-state index >= 15 is 0 Å². The molecule has 0 radical (unpaired) electrons. The zero-order valence-corrected chi connectivity index (χ0v) is 11.6. The Morgan fingerprint density at radius 1 is 0.882 bits per heavy atom. The van der Waals surface area contributed by atoms with Crippen LogP contribution in [0.5, 0.6) is 0 Å². The van der Waals surface area contributed by atoms with E-state index in [1.54, 1.807) is 0 Å². The van der Waals surface area contributed by atoms with E-state index in [4.69, 9.17) is 4.89 Å². The van der Waals surface area contributed by atoms with Gasteiger partial charge >= 0.3 is 0 Å². The first kappa shape index (κ1) is 19.2. The Morgan fingerprint density at radius 2 is 1.41 bits per heavy atom. The molecule has 17 heavy (non-hydrogen) atoms. The molecule has 0 aromatic rings. The van der Waals surface area contributed by atoms with Crippen molar-refractivity contribution in [2.24, 2.45) is 0 Å². The second kappa shape index (κ2) is 15.8. The molecule has 0 saturated heterocycles.